The van der Waals surface area contributed by atoms with Gasteiger partial charge in [-0.1, -0.05) is 20.8 Å². The number of alkyl halides is 3. The van der Waals surface area contributed by atoms with Crippen LogP contribution in [0.5, 0.6) is 5.75 Å². The molecule has 0 atom stereocenters. The molecule has 0 unspecified atom stereocenters. The van der Waals surface area contributed by atoms with Crippen molar-refractivity contribution in [2.45, 2.75) is 27.1 Å². The Labute approximate surface area is 166 Å². The molecule has 0 saturated heterocycles. The Morgan fingerprint density at radius 1 is 1.21 bits per heavy atom. The van der Waals surface area contributed by atoms with E-state index in [1.54, 1.807) is 6.07 Å². The molecule has 0 spiro atoms. The molecule has 154 valence electrons. The lowest BCUT2D eigenvalue weighted by atomic mass is 9.97. The maximum absolute atomic E-state index is 12.9. The molecule has 10 heteroatoms. The largest absolute Gasteiger partial charge is 0.573 e. The number of nitrogens with zero attached hydrogens (tertiary/aromatic N) is 4. The molecule has 0 saturated carbocycles. The van der Waals surface area contributed by atoms with E-state index in [2.05, 4.69) is 20.0 Å². The van der Waals surface area contributed by atoms with Gasteiger partial charge in [0.15, 0.2) is 0 Å². The number of nitrogens with one attached hydrogen (secondary N) is 1. The Balaban J connectivity index is 2.31. The molecule has 7 nitrogen and oxygen atoms in total. The minimum atomic E-state index is -4.82. The second-order valence-electron chi connectivity index (χ2n) is 7.29. The van der Waals surface area contributed by atoms with Crippen LogP contribution in [-0.2, 0) is 4.79 Å². The Hall–Kier alpha value is -3.19. The van der Waals surface area contributed by atoms with E-state index in [1.165, 1.54) is 29.3 Å². The summed E-state index contributed by atoms with van der Waals surface area (Å²) in [6.07, 6.45) is -3.49. The molecule has 1 aromatic carbocycles. The van der Waals surface area contributed by atoms with Crippen LogP contribution in [0.1, 0.15) is 26.6 Å². The zero-order chi connectivity index (χ0) is 21.7. The zero-order valence-corrected chi connectivity index (χ0v) is 16.1. The van der Waals surface area contributed by atoms with Gasteiger partial charge in [-0.25, -0.2) is 9.97 Å². The molecule has 29 heavy (non-hydrogen) atoms. The summed E-state index contributed by atoms with van der Waals surface area (Å²) >= 11 is 0. The standard InChI is InChI=1S/C19H20F3N5O2/c1-18(2,3)12-24-11-17(28)27(16-8-9-25-15(10-23)26-16)13-4-6-14(7-5-13)29-19(20,21)22/h4-9,24H,11-12H2,1-3H3. The average Bonchev–Trinajstić information content (AvgIpc) is 2.61. The first kappa shape index (κ1) is 22.1. The number of carbonyl (C=O) groups excluding carboxylic acids is 1. The third kappa shape index (κ3) is 7.04. The van der Waals surface area contributed by atoms with Crippen molar-refractivity contribution in [3.8, 4) is 11.8 Å². The van der Waals surface area contributed by atoms with Gasteiger partial charge in [-0.15, -0.1) is 13.2 Å². The van der Waals surface area contributed by atoms with Gasteiger partial charge in [0, 0.05) is 12.7 Å². The fourth-order valence-corrected chi connectivity index (χ4v) is 2.35. The topological polar surface area (TPSA) is 91.1 Å². The Bertz CT molecular complexity index is 886. The quantitative estimate of drug-likeness (QED) is 0.788. The molecule has 0 aliphatic carbocycles. The molecule has 0 bridgehead atoms. The Kier molecular flexibility index (Phi) is 6.76. The van der Waals surface area contributed by atoms with E-state index in [4.69, 9.17) is 5.26 Å². The summed E-state index contributed by atoms with van der Waals surface area (Å²) < 4.78 is 41.0. The second kappa shape index (κ2) is 8.87. The highest BCUT2D eigenvalue weighted by atomic mass is 19.4. The number of nitriles is 1. The highest BCUT2D eigenvalue weighted by Gasteiger charge is 2.31. The van der Waals surface area contributed by atoms with Gasteiger partial charge in [-0.05, 0) is 35.7 Å². The maximum atomic E-state index is 12.9. The summed E-state index contributed by atoms with van der Waals surface area (Å²) in [4.78, 5) is 21.8. The first-order valence-corrected chi connectivity index (χ1v) is 8.61. The summed E-state index contributed by atoms with van der Waals surface area (Å²) in [6.45, 7) is 6.55. The number of benzene rings is 1. The van der Waals surface area contributed by atoms with Gasteiger partial charge in [-0.3, -0.25) is 9.69 Å². The molecule has 0 aliphatic rings. The van der Waals surface area contributed by atoms with Gasteiger partial charge >= 0.3 is 6.36 Å². The van der Waals surface area contributed by atoms with Crippen LogP contribution >= 0.6 is 0 Å². The van der Waals surface area contributed by atoms with E-state index in [9.17, 15) is 18.0 Å². The number of carbonyl (C=O) groups is 1. The number of anilines is 2. The van der Waals surface area contributed by atoms with Crippen LogP contribution in [0.15, 0.2) is 36.5 Å². The minimum Gasteiger partial charge on any atom is -0.406 e. The summed E-state index contributed by atoms with van der Waals surface area (Å²) in [5.41, 5.74) is 0.217. The summed E-state index contributed by atoms with van der Waals surface area (Å²) in [5, 5.41) is 12.1. The van der Waals surface area contributed by atoms with Crippen LogP contribution in [0.25, 0.3) is 0 Å². The molecule has 2 rings (SSSR count). The highest BCUT2D eigenvalue weighted by Crippen LogP contribution is 2.28. The molecule has 0 fully saturated rings. The number of ether oxygens (including phenoxy) is 1. The minimum absolute atomic E-state index is 0.0377. The Morgan fingerprint density at radius 3 is 2.41 bits per heavy atom. The molecular weight excluding hydrogens is 387 g/mol. The summed E-state index contributed by atoms with van der Waals surface area (Å²) in [5.74, 6) is -0.829. The van der Waals surface area contributed by atoms with E-state index in [0.29, 0.717) is 6.54 Å². The molecule has 0 radical (unpaired) electrons. The van der Waals surface area contributed by atoms with Crippen molar-refractivity contribution in [2.75, 3.05) is 18.0 Å². The van der Waals surface area contributed by atoms with Gasteiger partial charge in [0.25, 0.3) is 0 Å². The van der Waals surface area contributed by atoms with E-state index in [-0.39, 0.29) is 29.3 Å². The van der Waals surface area contributed by atoms with Gasteiger partial charge in [0.1, 0.15) is 17.6 Å². The third-order valence-corrected chi connectivity index (χ3v) is 3.48. The van der Waals surface area contributed by atoms with Crippen LogP contribution in [0.4, 0.5) is 24.7 Å². The van der Waals surface area contributed by atoms with Crippen LogP contribution in [-0.4, -0.2) is 35.3 Å². The molecular formula is C19H20F3N5O2. The lowest BCUT2D eigenvalue weighted by molar-refractivity contribution is -0.274. The number of hydrogen-bond donors (Lipinski definition) is 1. The predicted molar refractivity (Wildman–Crippen MR) is 99.3 cm³/mol. The average molecular weight is 407 g/mol. The monoisotopic (exact) mass is 407 g/mol. The lowest BCUT2D eigenvalue weighted by Gasteiger charge is -2.24. The number of hydrogen-bond acceptors (Lipinski definition) is 6. The molecule has 2 aromatic rings. The number of rotatable bonds is 6. The normalized spacial score (nSPS) is 11.6. The molecule has 1 amide bonds. The van der Waals surface area contributed by atoms with E-state index >= 15 is 0 Å². The molecule has 1 N–H and O–H groups in total. The molecule has 1 aromatic heterocycles. The van der Waals surface area contributed by atoms with E-state index < -0.39 is 18.0 Å². The first-order chi connectivity index (χ1) is 13.5. The van der Waals surface area contributed by atoms with Crippen molar-refractivity contribution in [3.05, 3.63) is 42.4 Å². The Morgan fingerprint density at radius 2 is 1.86 bits per heavy atom. The maximum Gasteiger partial charge on any atom is 0.573 e. The summed E-state index contributed by atoms with van der Waals surface area (Å²) in [7, 11) is 0. The number of aromatic nitrogens is 2. The number of amides is 1. The number of halogens is 3. The van der Waals surface area contributed by atoms with E-state index in [0.717, 1.165) is 12.1 Å². The van der Waals surface area contributed by atoms with Crippen molar-refractivity contribution in [1.82, 2.24) is 15.3 Å². The molecule has 0 aliphatic heterocycles. The lowest BCUT2D eigenvalue weighted by Crippen LogP contribution is -2.38. The van der Waals surface area contributed by atoms with Crippen molar-refractivity contribution in [2.24, 2.45) is 5.41 Å². The van der Waals surface area contributed by atoms with Crippen molar-refractivity contribution >= 4 is 17.4 Å². The van der Waals surface area contributed by atoms with Gasteiger partial charge in [-0.2, -0.15) is 5.26 Å². The van der Waals surface area contributed by atoms with Gasteiger partial charge in [0.05, 0.1) is 12.2 Å². The third-order valence-electron chi connectivity index (χ3n) is 3.48. The first-order valence-electron chi connectivity index (χ1n) is 8.61. The van der Waals surface area contributed by atoms with Crippen LogP contribution in [0, 0.1) is 16.7 Å². The van der Waals surface area contributed by atoms with Gasteiger partial charge in [0.2, 0.25) is 11.7 Å². The fourth-order valence-electron chi connectivity index (χ4n) is 2.35. The highest BCUT2D eigenvalue weighted by molar-refractivity contribution is 6.00. The van der Waals surface area contributed by atoms with Crippen molar-refractivity contribution in [3.63, 3.8) is 0 Å². The summed E-state index contributed by atoms with van der Waals surface area (Å²) in [6, 6.07) is 8.02. The van der Waals surface area contributed by atoms with E-state index in [1.807, 2.05) is 20.8 Å². The predicted octanol–water partition coefficient (Wildman–Crippen LogP) is 3.55. The van der Waals surface area contributed by atoms with Crippen LogP contribution in [0.3, 0.4) is 0 Å². The second-order valence-corrected chi connectivity index (χ2v) is 7.29. The SMILES string of the molecule is CC(C)(C)CNCC(=O)N(c1ccc(OC(F)(F)F)cc1)c1ccnc(C#N)n1. The van der Waals surface area contributed by atoms with Crippen molar-refractivity contribution in [1.29, 1.82) is 5.26 Å². The van der Waals surface area contributed by atoms with Crippen LogP contribution in [0.2, 0.25) is 0 Å². The zero-order valence-electron chi connectivity index (χ0n) is 16.1. The van der Waals surface area contributed by atoms with Crippen LogP contribution < -0.4 is 15.0 Å². The van der Waals surface area contributed by atoms with Gasteiger partial charge < -0.3 is 10.1 Å². The smallest absolute Gasteiger partial charge is 0.406 e. The van der Waals surface area contributed by atoms with Crippen molar-refractivity contribution < 1.29 is 22.7 Å². The molecule has 1 heterocycles. The fraction of sp³-hybridized carbons (Fsp3) is 0.368.